The molecule has 1 amide bonds. The first-order chi connectivity index (χ1) is 7.72. The van der Waals surface area contributed by atoms with E-state index in [9.17, 15) is 9.90 Å². The Labute approximate surface area is 93.4 Å². The molecule has 1 aromatic heterocycles. The van der Waals surface area contributed by atoms with E-state index < -0.39 is 6.10 Å². The van der Waals surface area contributed by atoms with Crippen molar-refractivity contribution in [2.24, 2.45) is 0 Å². The summed E-state index contributed by atoms with van der Waals surface area (Å²) in [7, 11) is 1.52. The molecular weight excluding hydrogens is 212 g/mol. The number of aromatic nitrogens is 3. The molecule has 16 heavy (non-hydrogen) atoms. The lowest BCUT2D eigenvalue weighted by Gasteiger charge is -2.09. The summed E-state index contributed by atoms with van der Waals surface area (Å²) in [5.74, 6) is -0.157. The number of rotatable bonds is 7. The van der Waals surface area contributed by atoms with Gasteiger partial charge in [0.05, 0.1) is 18.9 Å². The van der Waals surface area contributed by atoms with Crippen LogP contribution in [0.5, 0.6) is 0 Å². The number of aliphatic hydroxyl groups is 1. The van der Waals surface area contributed by atoms with Crippen LogP contribution in [0, 0.1) is 0 Å². The van der Waals surface area contributed by atoms with Crippen LogP contribution < -0.4 is 5.32 Å². The molecule has 0 radical (unpaired) electrons. The lowest BCUT2D eigenvalue weighted by atomic mass is 10.2. The minimum atomic E-state index is -0.545. The maximum Gasteiger partial charge on any atom is 0.241 e. The number of nitrogens with zero attached hydrogens (tertiary/aromatic N) is 3. The van der Waals surface area contributed by atoms with Gasteiger partial charge >= 0.3 is 0 Å². The summed E-state index contributed by atoms with van der Waals surface area (Å²) in [6, 6.07) is 0. The molecule has 7 nitrogen and oxygen atoms in total. The van der Waals surface area contributed by atoms with Gasteiger partial charge < -0.3 is 15.2 Å². The SMILES string of the molecule is COCC(O)CCNC(=O)Cn1ccnn1. The minimum Gasteiger partial charge on any atom is -0.391 e. The Bertz CT molecular complexity index is 302. The molecule has 0 aliphatic carbocycles. The van der Waals surface area contributed by atoms with Gasteiger partial charge in [-0.05, 0) is 6.42 Å². The number of carbonyl (C=O) groups is 1. The highest BCUT2D eigenvalue weighted by Gasteiger charge is 2.05. The number of ether oxygens (including phenoxy) is 1. The highest BCUT2D eigenvalue weighted by Crippen LogP contribution is 1.90. The van der Waals surface area contributed by atoms with Gasteiger partial charge in [-0.2, -0.15) is 0 Å². The summed E-state index contributed by atoms with van der Waals surface area (Å²) >= 11 is 0. The van der Waals surface area contributed by atoms with Crippen LogP contribution in [0.3, 0.4) is 0 Å². The molecule has 0 aliphatic heterocycles. The average Bonchev–Trinajstić information content (AvgIpc) is 2.70. The van der Waals surface area contributed by atoms with Crippen molar-refractivity contribution < 1.29 is 14.6 Å². The number of aliphatic hydroxyl groups excluding tert-OH is 1. The summed E-state index contributed by atoms with van der Waals surface area (Å²) in [6.45, 7) is 0.831. The smallest absolute Gasteiger partial charge is 0.241 e. The number of methoxy groups -OCH3 is 1. The normalized spacial score (nSPS) is 12.4. The maximum atomic E-state index is 11.3. The van der Waals surface area contributed by atoms with E-state index in [1.54, 1.807) is 6.20 Å². The number of amides is 1. The van der Waals surface area contributed by atoms with Crippen molar-refractivity contribution in [1.29, 1.82) is 0 Å². The Hall–Kier alpha value is -1.47. The third kappa shape index (κ3) is 4.85. The largest absolute Gasteiger partial charge is 0.391 e. The zero-order valence-electron chi connectivity index (χ0n) is 9.17. The van der Waals surface area contributed by atoms with Gasteiger partial charge in [0, 0.05) is 19.9 Å². The lowest BCUT2D eigenvalue weighted by molar-refractivity contribution is -0.121. The molecular formula is C9H16N4O3. The van der Waals surface area contributed by atoms with Gasteiger partial charge in [-0.3, -0.25) is 4.79 Å². The van der Waals surface area contributed by atoms with Gasteiger partial charge in [0.25, 0.3) is 0 Å². The first-order valence-corrected chi connectivity index (χ1v) is 5.00. The lowest BCUT2D eigenvalue weighted by Crippen LogP contribution is -2.31. The Kier molecular flexibility index (Phi) is 5.44. The third-order valence-corrected chi connectivity index (χ3v) is 1.94. The van der Waals surface area contributed by atoms with Crippen LogP contribution in [0.4, 0.5) is 0 Å². The van der Waals surface area contributed by atoms with Crippen molar-refractivity contribution in [1.82, 2.24) is 20.3 Å². The molecule has 1 unspecified atom stereocenters. The van der Waals surface area contributed by atoms with E-state index in [0.717, 1.165) is 0 Å². The third-order valence-electron chi connectivity index (χ3n) is 1.94. The molecule has 1 aromatic rings. The number of hydrogen-bond acceptors (Lipinski definition) is 5. The quantitative estimate of drug-likeness (QED) is 0.611. The standard InChI is InChI=1S/C9H16N4O3/c1-16-7-8(14)2-3-10-9(15)6-13-5-4-11-12-13/h4-5,8,14H,2-3,6-7H2,1H3,(H,10,15). The molecule has 1 atom stereocenters. The summed E-state index contributed by atoms with van der Waals surface area (Å²) < 4.78 is 6.19. The van der Waals surface area contributed by atoms with E-state index in [1.165, 1.54) is 18.0 Å². The predicted molar refractivity (Wildman–Crippen MR) is 55.5 cm³/mol. The Morgan fingerprint density at radius 1 is 1.69 bits per heavy atom. The first-order valence-electron chi connectivity index (χ1n) is 5.00. The van der Waals surface area contributed by atoms with Gasteiger partial charge in [0.2, 0.25) is 5.91 Å². The predicted octanol–water partition coefficient (Wildman–Crippen LogP) is -1.21. The van der Waals surface area contributed by atoms with Crippen LogP contribution >= 0.6 is 0 Å². The Balaban J connectivity index is 2.11. The van der Waals surface area contributed by atoms with E-state index in [4.69, 9.17) is 4.74 Å². The average molecular weight is 228 g/mol. The Morgan fingerprint density at radius 3 is 3.12 bits per heavy atom. The fourth-order valence-electron chi connectivity index (χ4n) is 1.17. The first kappa shape index (κ1) is 12.6. The molecule has 0 aliphatic rings. The number of hydrogen-bond donors (Lipinski definition) is 2. The van der Waals surface area contributed by atoms with E-state index in [2.05, 4.69) is 15.6 Å². The van der Waals surface area contributed by atoms with Gasteiger partial charge in [0.1, 0.15) is 6.54 Å². The monoisotopic (exact) mass is 228 g/mol. The summed E-state index contributed by atoms with van der Waals surface area (Å²) in [6.07, 6.45) is 3.04. The zero-order chi connectivity index (χ0) is 11.8. The molecule has 0 bridgehead atoms. The van der Waals surface area contributed by atoms with Gasteiger partial charge in [-0.1, -0.05) is 5.21 Å². The van der Waals surface area contributed by atoms with Gasteiger partial charge in [0.15, 0.2) is 0 Å². The van der Waals surface area contributed by atoms with Crippen LogP contribution in [0.25, 0.3) is 0 Å². The van der Waals surface area contributed by atoms with Crippen molar-refractivity contribution in [3.05, 3.63) is 12.4 Å². The van der Waals surface area contributed by atoms with E-state index >= 15 is 0 Å². The summed E-state index contributed by atoms with van der Waals surface area (Å²) in [4.78, 5) is 11.3. The van der Waals surface area contributed by atoms with Crippen LogP contribution in [0.15, 0.2) is 12.4 Å². The molecule has 0 spiro atoms. The van der Waals surface area contributed by atoms with Crippen molar-refractivity contribution in [2.45, 2.75) is 19.1 Å². The van der Waals surface area contributed by atoms with Gasteiger partial charge in [-0.15, -0.1) is 5.10 Å². The summed E-state index contributed by atoms with van der Waals surface area (Å²) in [5.41, 5.74) is 0. The molecule has 0 saturated heterocycles. The number of carbonyl (C=O) groups excluding carboxylic acids is 1. The van der Waals surface area contributed by atoms with Crippen molar-refractivity contribution in [3.8, 4) is 0 Å². The highest BCUT2D eigenvalue weighted by atomic mass is 16.5. The number of nitrogens with one attached hydrogen (secondary N) is 1. The molecule has 2 N–H and O–H groups in total. The van der Waals surface area contributed by atoms with Crippen molar-refractivity contribution in [3.63, 3.8) is 0 Å². The van der Waals surface area contributed by atoms with Crippen LogP contribution in [0.1, 0.15) is 6.42 Å². The van der Waals surface area contributed by atoms with Crippen molar-refractivity contribution in [2.75, 3.05) is 20.3 Å². The van der Waals surface area contributed by atoms with E-state index in [-0.39, 0.29) is 19.1 Å². The highest BCUT2D eigenvalue weighted by molar-refractivity contribution is 5.75. The second kappa shape index (κ2) is 6.91. The molecule has 7 heteroatoms. The van der Waals surface area contributed by atoms with E-state index in [1.807, 2.05) is 0 Å². The van der Waals surface area contributed by atoms with Crippen molar-refractivity contribution >= 4 is 5.91 Å². The fourth-order valence-corrected chi connectivity index (χ4v) is 1.17. The van der Waals surface area contributed by atoms with Crippen LogP contribution in [-0.4, -0.2) is 52.4 Å². The molecule has 0 saturated carbocycles. The van der Waals surface area contributed by atoms with Crippen LogP contribution in [0.2, 0.25) is 0 Å². The fraction of sp³-hybridized carbons (Fsp3) is 0.667. The molecule has 1 heterocycles. The topological polar surface area (TPSA) is 89.3 Å². The van der Waals surface area contributed by atoms with Gasteiger partial charge in [-0.25, -0.2) is 4.68 Å². The minimum absolute atomic E-state index is 0.139. The molecule has 1 rings (SSSR count). The van der Waals surface area contributed by atoms with E-state index in [0.29, 0.717) is 13.0 Å². The van der Waals surface area contributed by atoms with Crippen LogP contribution in [-0.2, 0) is 16.1 Å². The molecule has 0 fully saturated rings. The maximum absolute atomic E-state index is 11.3. The summed E-state index contributed by atoms with van der Waals surface area (Å²) in [5, 5.41) is 19.2. The molecule has 90 valence electrons. The second-order valence-corrected chi connectivity index (χ2v) is 3.35. The molecule has 0 aromatic carbocycles. The Morgan fingerprint density at radius 2 is 2.50 bits per heavy atom. The second-order valence-electron chi connectivity index (χ2n) is 3.35. The zero-order valence-corrected chi connectivity index (χ0v) is 9.17.